The molecular weight excluding hydrogens is 402 g/mol. The molecule has 1 aliphatic carbocycles. The van der Waals surface area contributed by atoms with E-state index in [0.29, 0.717) is 18.5 Å². The summed E-state index contributed by atoms with van der Waals surface area (Å²) in [4.78, 5) is 35.9. The van der Waals surface area contributed by atoms with Crippen LogP contribution in [0.3, 0.4) is 0 Å². The van der Waals surface area contributed by atoms with E-state index in [0.717, 1.165) is 62.5 Å². The van der Waals surface area contributed by atoms with Crippen LogP contribution in [0.2, 0.25) is 0 Å². The van der Waals surface area contributed by atoms with Gasteiger partial charge in [-0.25, -0.2) is 4.98 Å². The molecule has 2 aromatic rings. The lowest BCUT2D eigenvalue weighted by Gasteiger charge is -2.41. The Kier molecular flexibility index (Phi) is 5.16. The third-order valence-electron chi connectivity index (χ3n) is 7.25. The molecule has 0 atom stereocenters. The van der Waals surface area contributed by atoms with Crippen LogP contribution in [0.5, 0.6) is 0 Å². The zero-order chi connectivity index (χ0) is 22.5. The minimum absolute atomic E-state index is 0.116. The van der Waals surface area contributed by atoms with Gasteiger partial charge in [0.1, 0.15) is 5.82 Å². The molecule has 0 radical (unpaired) electrons. The lowest BCUT2D eigenvalue weighted by molar-refractivity contribution is -0.117. The summed E-state index contributed by atoms with van der Waals surface area (Å²) >= 11 is 0. The molecule has 7 heteroatoms. The number of aryl methyl sites for hydroxylation is 2. The topological polar surface area (TPSA) is 82.8 Å². The van der Waals surface area contributed by atoms with Gasteiger partial charge in [0.25, 0.3) is 0 Å². The van der Waals surface area contributed by atoms with Gasteiger partial charge >= 0.3 is 0 Å². The fourth-order valence-electron chi connectivity index (χ4n) is 5.49. The summed E-state index contributed by atoms with van der Waals surface area (Å²) in [5, 5.41) is 0. The molecular formula is C25H31N5O2. The molecule has 0 spiro atoms. The van der Waals surface area contributed by atoms with E-state index in [2.05, 4.69) is 34.7 Å². The summed E-state index contributed by atoms with van der Waals surface area (Å²) in [5.74, 6) is 0.765. The number of nitrogens with two attached hydrogens (primary N) is 1. The normalized spacial score (nSPS) is 20.6. The Morgan fingerprint density at radius 2 is 1.81 bits per heavy atom. The zero-order valence-corrected chi connectivity index (χ0v) is 18.9. The zero-order valence-electron chi connectivity index (χ0n) is 18.9. The first-order valence-electron chi connectivity index (χ1n) is 11.6. The van der Waals surface area contributed by atoms with Gasteiger partial charge in [0, 0.05) is 62.1 Å². The minimum Gasteiger partial charge on any atom is -0.366 e. The number of nitrogens with zero attached hydrogens (tertiary/aromatic N) is 4. The summed E-state index contributed by atoms with van der Waals surface area (Å²) < 4.78 is 0. The summed E-state index contributed by atoms with van der Waals surface area (Å²) in [6, 6.07) is 8.03. The van der Waals surface area contributed by atoms with Crippen LogP contribution in [0, 0.1) is 13.8 Å². The van der Waals surface area contributed by atoms with E-state index in [1.807, 2.05) is 24.4 Å². The first-order chi connectivity index (χ1) is 15.4. The summed E-state index contributed by atoms with van der Waals surface area (Å²) in [6.07, 6.45) is 5.41. The van der Waals surface area contributed by atoms with Gasteiger partial charge in [0.15, 0.2) is 0 Å². The molecule has 1 aromatic heterocycles. The Morgan fingerprint density at radius 3 is 2.41 bits per heavy atom. The number of piperazine rings is 1. The maximum Gasteiger partial charge on any atom is 0.249 e. The second-order valence-electron chi connectivity index (χ2n) is 9.40. The molecule has 2 amide bonds. The van der Waals surface area contributed by atoms with Crippen molar-refractivity contribution in [2.45, 2.75) is 45.1 Å². The molecule has 3 heterocycles. The Hall–Kier alpha value is -2.93. The number of hydrogen-bond acceptors (Lipinski definition) is 5. The SMILES string of the molecule is Cc1cnc(N2CCN(C3(c4ccc(N5CCCC5=O)cc4C(N)=O)CC3)CC2)c(C)c1. The third kappa shape index (κ3) is 3.54. The number of benzene rings is 1. The second-order valence-corrected chi connectivity index (χ2v) is 9.40. The van der Waals surface area contributed by atoms with Gasteiger partial charge in [-0.1, -0.05) is 12.1 Å². The van der Waals surface area contributed by atoms with E-state index in [1.54, 1.807) is 4.90 Å². The number of hydrogen-bond donors (Lipinski definition) is 1. The van der Waals surface area contributed by atoms with Crippen molar-refractivity contribution in [1.82, 2.24) is 9.88 Å². The van der Waals surface area contributed by atoms with E-state index in [-0.39, 0.29) is 11.4 Å². The summed E-state index contributed by atoms with van der Waals surface area (Å²) in [5.41, 5.74) is 10.4. The quantitative estimate of drug-likeness (QED) is 0.784. The Balaban J connectivity index is 1.37. The number of carbonyl (C=O) groups excluding carboxylic acids is 2. The number of amides is 2. The van der Waals surface area contributed by atoms with Crippen LogP contribution in [-0.2, 0) is 10.3 Å². The predicted octanol–water partition coefficient (Wildman–Crippen LogP) is 2.74. The first-order valence-corrected chi connectivity index (χ1v) is 11.6. The summed E-state index contributed by atoms with van der Waals surface area (Å²) in [7, 11) is 0. The molecule has 3 aliphatic rings. The number of rotatable bonds is 5. The van der Waals surface area contributed by atoms with E-state index in [9.17, 15) is 9.59 Å². The van der Waals surface area contributed by atoms with Crippen molar-refractivity contribution >= 4 is 23.3 Å². The lowest BCUT2D eigenvalue weighted by Crippen LogP contribution is -2.51. The van der Waals surface area contributed by atoms with Gasteiger partial charge in [-0.2, -0.15) is 0 Å². The Labute approximate surface area is 189 Å². The third-order valence-corrected chi connectivity index (χ3v) is 7.25. The van der Waals surface area contributed by atoms with Crippen molar-refractivity contribution < 1.29 is 9.59 Å². The van der Waals surface area contributed by atoms with Gasteiger partial charge in [-0.3, -0.25) is 14.5 Å². The molecule has 0 bridgehead atoms. The van der Waals surface area contributed by atoms with Crippen LogP contribution in [0.25, 0.3) is 0 Å². The van der Waals surface area contributed by atoms with E-state index >= 15 is 0 Å². The highest BCUT2D eigenvalue weighted by Gasteiger charge is 2.51. The Bertz CT molecular complexity index is 1070. The Morgan fingerprint density at radius 1 is 1.06 bits per heavy atom. The van der Waals surface area contributed by atoms with Crippen LogP contribution in [0.4, 0.5) is 11.5 Å². The van der Waals surface area contributed by atoms with Crippen LogP contribution >= 0.6 is 0 Å². The molecule has 1 aromatic carbocycles. The van der Waals surface area contributed by atoms with Crippen molar-refractivity contribution in [3.05, 3.63) is 52.7 Å². The van der Waals surface area contributed by atoms with E-state index in [4.69, 9.17) is 5.73 Å². The largest absolute Gasteiger partial charge is 0.366 e. The molecule has 3 fully saturated rings. The number of aromatic nitrogens is 1. The maximum atomic E-state index is 12.4. The standard InChI is InChI=1S/C25H31N5O2/c1-17-14-18(2)24(27-16-17)28-10-12-29(13-11-28)25(7-8-25)21-6-5-19(15-20(21)23(26)32)30-9-3-4-22(30)31/h5-6,14-16H,3-4,7-13H2,1-2H3,(H2,26,32). The average molecular weight is 434 g/mol. The fraction of sp³-hybridized carbons (Fsp3) is 0.480. The smallest absolute Gasteiger partial charge is 0.249 e. The molecule has 2 aliphatic heterocycles. The molecule has 0 unspecified atom stereocenters. The van der Waals surface area contributed by atoms with E-state index in [1.165, 1.54) is 11.1 Å². The highest BCUT2D eigenvalue weighted by atomic mass is 16.2. The number of carbonyl (C=O) groups is 2. The molecule has 32 heavy (non-hydrogen) atoms. The molecule has 2 N–H and O–H groups in total. The highest BCUT2D eigenvalue weighted by Crippen LogP contribution is 2.52. The van der Waals surface area contributed by atoms with Crippen LogP contribution in [0.1, 0.15) is 52.7 Å². The molecule has 5 rings (SSSR count). The van der Waals surface area contributed by atoms with E-state index < -0.39 is 5.91 Å². The van der Waals surface area contributed by atoms with Gasteiger partial charge in [0.2, 0.25) is 11.8 Å². The van der Waals surface area contributed by atoms with Crippen LogP contribution < -0.4 is 15.5 Å². The van der Waals surface area contributed by atoms with Crippen molar-refractivity contribution in [1.29, 1.82) is 0 Å². The van der Waals surface area contributed by atoms with Crippen LogP contribution in [0.15, 0.2) is 30.5 Å². The maximum absolute atomic E-state index is 12.4. The molecule has 2 saturated heterocycles. The highest BCUT2D eigenvalue weighted by molar-refractivity contribution is 5.99. The fourth-order valence-corrected chi connectivity index (χ4v) is 5.49. The van der Waals surface area contributed by atoms with Gasteiger partial charge in [-0.15, -0.1) is 0 Å². The molecule has 7 nitrogen and oxygen atoms in total. The van der Waals surface area contributed by atoms with Gasteiger partial charge < -0.3 is 15.5 Å². The second kappa shape index (κ2) is 7.89. The van der Waals surface area contributed by atoms with Gasteiger partial charge in [0.05, 0.1) is 0 Å². The van der Waals surface area contributed by atoms with Crippen molar-refractivity contribution in [2.24, 2.45) is 5.73 Å². The van der Waals surface area contributed by atoms with Crippen molar-refractivity contribution in [2.75, 3.05) is 42.5 Å². The average Bonchev–Trinajstić information content (AvgIpc) is 3.48. The summed E-state index contributed by atoms with van der Waals surface area (Å²) in [6.45, 7) is 8.54. The first kappa shape index (κ1) is 20.9. The monoisotopic (exact) mass is 433 g/mol. The lowest BCUT2D eigenvalue weighted by atomic mass is 9.94. The number of pyridine rings is 1. The minimum atomic E-state index is -0.419. The van der Waals surface area contributed by atoms with Crippen LogP contribution in [-0.4, -0.2) is 54.4 Å². The molecule has 168 valence electrons. The van der Waals surface area contributed by atoms with Gasteiger partial charge in [-0.05, 0) is 61.9 Å². The number of anilines is 2. The predicted molar refractivity (Wildman–Crippen MR) is 125 cm³/mol. The molecule has 1 saturated carbocycles. The van der Waals surface area contributed by atoms with Crippen molar-refractivity contribution in [3.8, 4) is 0 Å². The van der Waals surface area contributed by atoms with Crippen molar-refractivity contribution in [3.63, 3.8) is 0 Å². The number of primary amides is 1.